The van der Waals surface area contributed by atoms with Crippen LogP contribution in [-0.4, -0.2) is 98.3 Å². The quantitative estimate of drug-likeness (QED) is 0.0147. The second-order valence-electron chi connectivity index (χ2n) is 16.6. The molecular formula is C46H85O13P. The molecule has 0 aliphatic heterocycles. The summed E-state index contributed by atoms with van der Waals surface area (Å²) in [7, 11) is -5.12. The number of esters is 2. The summed E-state index contributed by atoms with van der Waals surface area (Å²) in [5.74, 6) is -1.11. The summed E-state index contributed by atoms with van der Waals surface area (Å²) in [5.41, 5.74) is 0. The number of hydrogen-bond donors (Lipinski definition) is 6. The Morgan fingerprint density at radius 2 is 0.850 bits per heavy atom. The van der Waals surface area contributed by atoms with Crippen molar-refractivity contribution in [2.75, 3.05) is 13.2 Å². The van der Waals surface area contributed by atoms with Crippen molar-refractivity contribution in [2.24, 2.45) is 0 Å². The number of carbonyl (C=O) groups is 2. The molecule has 0 radical (unpaired) electrons. The molecule has 0 heterocycles. The molecule has 60 heavy (non-hydrogen) atoms. The lowest BCUT2D eigenvalue weighted by atomic mass is 9.85. The van der Waals surface area contributed by atoms with Crippen LogP contribution in [0.1, 0.15) is 200 Å². The zero-order valence-corrected chi connectivity index (χ0v) is 38.2. The minimum Gasteiger partial charge on any atom is -0.462 e. The first-order valence-corrected chi connectivity index (χ1v) is 25.1. The molecule has 352 valence electrons. The van der Waals surface area contributed by atoms with Crippen LogP contribution < -0.4 is 0 Å². The molecule has 0 spiro atoms. The highest BCUT2D eigenvalue weighted by Crippen LogP contribution is 2.47. The van der Waals surface area contributed by atoms with Gasteiger partial charge in [-0.1, -0.05) is 147 Å². The van der Waals surface area contributed by atoms with E-state index in [-0.39, 0.29) is 12.8 Å². The summed E-state index contributed by atoms with van der Waals surface area (Å²) in [4.78, 5) is 35.7. The van der Waals surface area contributed by atoms with Gasteiger partial charge in [0.1, 0.15) is 43.2 Å². The largest absolute Gasteiger partial charge is 0.472 e. The van der Waals surface area contributed by atoms with Gasteiger partial charge in [0, 0.05) is 12.8 Å². The Labute approximate surface area is 362 Å². The maximum Gasteiger partial charge on any atom is 0.472 e. The van der Waals surface area contributed by atoms with Gasteiger partial charge in [0.15, 0.2) is 6.10 Å². The number of rotatable bonds is 39. The van der Waals surface area contributed by atoms with E-state index in [1.807, 2.05) is 0 Å². The topological polar surface area (TPSA) is 210 Å². The summed E-state index contributed by atoms with van der Waals surface area (Å²) in [6, 6.07) is 0. The third-order valence-electron chi connectivity index (χ3n) is 11.0. The number of phosphoric acid groups is 1. The van der Waals surface area contributed by atoms with Gasteiger partial charge in [-0.15, -0.1) is 0 Å². The smallest absolute Gasteiger partial charge is 0.462 e. The average molecular weight is 877 g/mol. The Morgan fingerprint density at radius 3 is 1.28 bits per heavy atom. The number of aliphatic hydroxyl groups excluding tert-OH is 5. The highest BCUT2D eigenvalue weighted by molar-refractivity contribution is 7.47. The zero-order chi connectivity index (χ0) is 44.3. The lowest BCUT2D eigenvalue weighted by Crippen LogP contribution is -2.64. The average Bonchev–Trinajstić information content (AvgIpc) is 3.23. The molecule has 6 N–H and O–H groups in total. The second-order valence-corrected chi connectivity index (χ2v) is 18.0. The number of hydrogen-bond acceptors (Lipinski definition) is 12. The van der Waals surface area contributed by atoms with Crippen LogP contribution in [0.2, 0.25) is 0 Å². The summed E-state index contributed by atoms with van der Waals surface area (Å²) in [5, 5.41) is 50.1. The van der Waals surface area contributed by atoms with Crippen LogP contribution in [-0.2, 0) is 32.7 Å². The van der Waals surface area contributed by atoms with E-state index in [9.17, 15) is 44.6 Å². The molecule has 14 heteroatoms. The van der Waals surface area contributed by atoms with Crippen molar-refractivity contribution in [2.45, 2.75) is 243 Å². The number of aliphatic hydroxyl groups is 5. The van der Waals surface area contributed by atoms with Gasteiger partial charge in [-0.2, -0.15) is 0 Å². The molecule has 0 amide bonds. The van der Waals surface area contributed by atoms with E-state index in [1.165, 1.54) is 96.3 Å². The van der Waals surface area contributed by atoms with Crippen molar-refractivity contribution >= 4 is 19.8 Å². The first-order chi connectivity index (χ1) is 28.9. The van der Waals surface area contributed by atoms with E-state index in [4.69, 9.17) is 18.5 Å². The van der Waals surface area contributed by atoms with Crippen LogP contribution in [0, 0.1) is 0 Å². The van der Waals surface area contributed by atoms with E-state index in [0.717, 1.165) is 64.2 Å². The molecular weight excluding hydrogens is 791 g/mol. The number of unbranched alkanes of at least 4 members (excludes halogenated alkanes) is 23. The first-order valence-electron chi connectivity index (χ1n) is 23.6. The fourth-order valence-electron chi connectivity index (χ4n) is 7.16. The molecule has 8 atom stereocenters. The van der Waals surface area contributed by atoms with Gasteiger partial charge in [0.05, 0.1) is 6.61 Å². The van der Waals surface area contributed by atoms with E-state index >= 15 is 0 Å². The zero-order valence-electron chi connectivity index (χ0n) is 37.3. The SMILES string of the molecule is CCCCCC/C=C/CCCCCCCCCCCC(=O)OC[C@@H](COP(=O)(O)OC1C(O)C(O)C(O)[C@H](O)C1O)OC(=O)CCCCCCC/C=C/CCCCCCC. The number of ether oxygens (including phenoxy) is 2. The highest BCUT2D eigenvalue weighted by atomic mass is 31.2. The summed E-state index contributed by atoms with van der Waals surface area (Å²) >= 11 is 0. The third kappa shape index (κ3) is 28.8. The van der Waals surface area contributed by atoms with Gasteiger partial charge in [-0.3, -0.25) is 18.6 Å². The Hall–Kier alpha value is -1.67. The Bertz CT molecular complexity index is 1150. The molecule has 0 aromatic rings. The van der Waals surface area contributed by atoms with E-state index in [1.54, 1.807) is 0 Å². The molecule has 0 saturated heterocycles. The van der Waals surface area contributed by atoms with E-state index in [0.29, 0.717) is 12.8 Å². The van der Waals surface area contributed by atoms with E-state index in [2.05, 4.69) is 38.2 Å². The van der Waals surface area contributed by atoms with Crippen LogP contribution in [0.25, 0.3) is 0 Å². The molecule has 1 rings (SSSR count). The predicted octanol–water partition coefficient (Wildman–Crippen LogP) is 9.23. The van der Waals surface area contributed by atoms with Gasteiger partial charge in [-0.05, 0) is 64.2 Å². The first kappa shape index (κ1) is 56.3. The molecule has 1 aliphatic rings. The summed E-state index contributed by atoms with van der Waals surface area (Å²) in [6.07, 6.45) is 26.6. The van der Waals surface area contributed by atoms with Gasteiger partial charge < -0.3 is 39.9 Å². The fraction of sp³-hybridized carbons (Fsp3) is 0.870. The minimum atomic E-state index is -5.12. The van der Waals surface area contributed by atoms with Crippen LogP contribution in [0.4, 0.5) is 0 Å². The molecule has 13 nitrogen and oxygen atoms in total. The Balaban J connectivity index is 2.44. The predicted molar refractivity (Wildman–Crippen MR) is 235 cm³/mol. The van der Waals surface area contributed by atoms with Gasteiger partial charge in [-0.25, -0.2) is 4.57 Å². The lowest BCUT2D eigenvalue weighted by molar-refractivity contribution is -0.220. The van der Waals surface area contributed by atoms with Crippen molar-refractivity contribution < 1.29 is 63.1 Å². The monoisotopic (exact) mass is 877 g/mol. The highest BCUT2D eigenvalue weighted by Gasteiger charge is 2.51. The van der Waals surface area contributed by atoms with Crippen molar-refractivity contribution in [1.82, 2.24) is 0 Å². The van der Waals surface area contributed by atoms with Crippen molar-refractivity contribution in [3.8, 4) is 0 Å². The number of phosphoric ester groups is 1. The van der Waals surface area contributed by atoms with Crippen LogP contribution in [0.15, 0.2) is 24.3 Å². The standard InChI is InChI=1S/C46H85O13P/c1-3-5-7-9-11-13-15-17-19-20-21-23-24-26-28-30-32-34-39(47)56-36-38(37-57-60(54,55)59-46-44(52)42(50)41(49)43(51)45(46)53)58-40(48)35-33-31-29-27-25-22-18-16-14-12-10-8-6-4-2/h13,15-16,18,38,41-46,49-53H,3-12,14,17,19-37H2,1-2H3,(H,54,55)/b15-13+,18-16+/t38-,41?,42-,43?,44?,45?,46?/m0/s1. The van der Waals surface area contributed by atoms with Crippen molar-refractivity contribution in [3.05, 3.63) is 24.3 Å². The number of allylic oxidation sites excluding steroid dienone is 4. The van der Waals surface area contributed by atoms with Gasteiger partial charge in [0.25, 0.3) is 0 Å². The normalized spacial score (nSPS) is 22.3. The molecule has 1 fully saturated rings. The van der Waals surface area contributed by atoms with E-state index < -0.39 is 75.7 Å². The maximum absolute atomic E-state index is 12.8. The summed E-state index contributed by atoms with van der Waals surface area (Å²) in [6.45, 7) is 3.28. The maximum atomic E-state index is 12.8. The Morgan fingerprint density at radius 1 is 0.500 bits per heavy atom. The molecule has 0 aromatic heterocycles. The third-order valence-corrected chi connectivity index (χ3v) is 12.0. The van der Waals surface area contributed by atoms with Crippen LogP contribution in [0.3, 0.4) is 0 Å². The van der Waals surface area contributed by atoms with Crippen molar-refractivity contribution in [3.63, 3.8) is 0 Å². The minimum absolute atomic E-state index is 0.0881. The summed E-state index contributed by atoms with van der Waals surface area (Å²) < 4.78 is 33.5. The molecule has 6 unspecified atom stereocenters. The Kier molecular flexibility index (Phi) is 34.5. The van der Waals surface area contributed by atoms with Crippen LogP contribution >= 0.6 is 7.82 Å². The second kappa shape index (κ2) is 36.8. The van der Waals surface area contributed by atoms with Gasteiger partial charge >= 0.3 is 19.8 Å². The molecule has 0 bridgehead atoms. The lowest BCUT2D eigenvalue weighted by Gasteiger charge is -2.41. The molecule has 1 aliphatic carbocycles. The number of carbonyl (C=O) groups excluding carboxylic acids is 2. The molecule has 0 aromatic carbocycles. The fourth-order valence-corrected chi connectivity index (χ4v) is 8.13. The van der Waals surface area contributed by atoms with Crippen molar-refractivity contribution in [1.29, 1.82) is 0 Å². The molecule has 1 saturated carbocycles. The van der Waals surface area contributed by atoms with Crippen LogP contribution in [0.5, 0.6) is 0 Å². The van der Waals surface area contributed by atoms with Gasteiger partial charge in [0.2, 0.25) is 0 Å².